The van der Waals surface area contributed by atoms with Gasteiger partial charge in [0.05, 0.1) is 28.7 Å². The number of hydrogen-bond acceptors (Lipinski definition) is 6. The number of nitrogens with one attached hydrogen (secondary N) is 1. The molecule has 8 nitrogen and oxygen atoms in total. The van der Waals surface area contributed by atoms with Gasteiger partial charge in [-0.25, -0.2) is 0 Å². The molecular formula is C17H23N5O3. The third-order valence-electron chi connectivity index (χ3n) is 4.21. The number of nitrogens with zero attached hydrogens (tertiary/aromatic N) is 4. The number of carbonyl (C=O) groups is 1. The molecule has 1 aromatic rings. The van der Waals surface area contributed by atoms with Crippen LogP contribution in [0.25, 0.3) is 0 Å². The summed E-state index contributed by atoms with van der Waals surface area (Å²) in [6.07, 6.45) is 0. The summed E-state index contributed by atoms with van der Waals surface area (Å²) in [5, 5.41) is 23.2. The molecule has 2 rings (SSSR count). The Bertz CT molecular complexity index is 703. The van der Waals surface area contributed by atoms with Crippen LogP contribution in [0, 0.1) is 28.4 Å². The Morgan fingerprint density at radius 2 is 2.00 bits per heavy atom. The van der Waals surface area contributed by atoms with Crippen LogP contribution in [0.15, 0.2) is 12.1 Å². The third-order valence-corrected chi connectivity index (χ3v) is 4.21. The van der Waals surface area contributed by atoms with E-state index >= 15 is 0 Å². The fraction of sp³-hybridized carbons (Fsp3) is 0.529. The molecule has 0 atom stereocenters. The number of piperazine rings is 1. The zero-order chi connectivity index (χ0) is 18.6. The van der Waals surface area contributed by atoms with Gasteiger partial charge in [0.2, 0.25) is 5.91 Å². The van der Waals surface area contributed by atoms with Gasteiger partial charge in [-0.15, -0.1) is 0 Å². The van der Waals surface area contributed by atoms with E-state index in [2.05, 4.69) is 10.2 Å². The minimum atomic E-state index is -0.452. The number of hydrogen-bond donors (Lipinski definition) is 1. The first-order valence-electron chi connectivity index (χ1n) is 8.27. The van der Waals surface area contributed by atoms with E-state index in [0.717, 1.165) is 5.69 Å². The van der Waals surface area contributed by atoms with Crippen LogP contribution in [0.2, 0.25) is 0 Å². The molecule has 0 saturated carbocycles. The number of nitro benzene ring substituents is 1. The van der Waals surface area contributed by atoms with Gasteiger partial charge in [-0.05, 0) is 26.8 Å². The number of rotatable bonds is 5. The van der Waals surface area contributed by atoms with E-state index in [0.29, 0.717) is 38.3 Å². The van der Waals surface area contributed by atoms with Crippen LogP contribution in [0.1, 0.15) is 25.0 Å². The van der Waals surface area contributed by atoms with Crippen LogP contribution in [0.5, 0.6) is 0 Å². The Morgan fingerprint density at radius 1 is 1.36 bits per heavy atom. The Hall–Kier alpha value is -2.66. The average molecular weight is 345 g/mol. The summed E-state index contributed by atoms with van der Waals surface area (Å²) in [6.45, 7) is 8.59. The van der Waals surface area contributed by atoms with Gasteiger partial charge in [0.1, 0.15) is 0 Å². The maximum absolute atomic E-state index is 11.9. The van der Waals surface area contributed by atoms with Crippen molar-refractivity contribution in [1.82, 2.24) is 10.2 Å². The summed E-state index contributed by atoms with van der Waals surface area (Å²) in [5.74, 6) is 0.00162. The number of nitriles is 1. The van der Waals surface area contributed by atoms with Gasteiger partial charge in [0.15, 0.2) is 0 Å². The molecule has 1 heterocycles. The second-order valence-corrected chi connectivity index (χ2v) is 6.49. The van der Waals surface area contributed by atoms with Crippen LogP contribution in [-0.4, -0.2) is 54.5 Å². The summed E-state index contributed by atoms with van der Waals surface area (Å²) in [6, 6.07) is 5.11. The third kappa shape index (κ3) is 4.67. The maximum atomic E-state index is 11.9. The fourth-order valence-corrected chi connectivity index (χ4v) is 2.98. The topological polar surface area (TPSA) is 103 Å². The maximum Gasteiger partial charge on any atom is 0.275 e. The lowest BCUT2D eigenvalue weighted by atomic mass is 10.1. The van der Waals surface area contributed by atoms with Crippen molar-refractivity contribution in [3.05, 3.63) is 33.4 Å². The van der Waals surface area contributed by atoms with E-state index in [4.69, 9.17) is 5.26 Å². The van der Waals surface area contributed by atoms with Crippen molar-refractivity contribution >= 4 is 17.3 Å². The van der Waals surface area contributed by atoms with Crippen LogP contribution in [-0.2, 0) is 4.79 Å². The first-order chi connectivity index (χ1) is 11.8. The molecule has 0 unspecified atom stereocenters. The van der Waals surface area contributed by atoms with Gasteiger partial charge in [0.25, 0.3) is 5.69 Å². The fourth-order valence-electron chi connectivity index (χ4n) is 2.98. The molecule has 25 heavy (non-hydrogen) atoms. The summed E-state index contributed by atoms with van der Waals surface area (Å²) >= 11 is 0. The van der Waals surface area contributed by atoms with Crippen molar-refractivity contribution in [3.8, 4) is 6.07 Å². The van der Waals surface area contributed by atoms with E-state index in [1.807, 2.05) is 24.8 Å². The lowest BCUT2D eigenvalue weighted by molar-refractivity contribution is -0.385. The Morgan fingerprint density at radius 3 is 2.52 bits per heavy atom. The molecule has 0 radical (unpaired) electrons. The molecule has 134 valence electrons. The van der Waals surface area contributed by atoms with E-state index in [-0.39, 0.29) is 23.2 Å². The smallest absolute Gasteiger partial charge is 0.275 e. The quantitative estimate of drug-likeness (QED) is 0.639. The van der Waals surface area contributed by atoms with E-state index in [1.54, 1.807) is 13.0 Å². The lowest BCUT2D eigenvalue weighted by Gasteiger charge is -2.36. The van der Waals surface area contributed by atoms with Crippen LogP contribution in [0.4, 0.5) is 11.4 Å². The van der Waals surface area contributed by atoms with E-state index in [1.165, 1.54) is 6.07 Å². The Labute approximate surface area is 147 Å². The summed E-state index contributed by atoms with van der Waals surface area (Å²) in [5.41, 5.74) is 1.53. The Kier molecular flexibility index (Phi) is 5.93. The molecule has 0 aromatic heterocycles. The summed E-state index contributed by atoms with van der Waals surface area (Å²) in [7, 11) is 0. The molecule has 0 bridgehead atoms. The molecule has 1 fully saturated rings. The Balaban J connectivity index is 2.08. The van der Waals surface area contributed by atoms with Crippen molar-refractivity contribution in [3.63, 3.8) is 0 Å². The largest absolute Gasteiger partial charge is 0.369 e. The number of nitro groups is 1. The number of benzene rings is 1. The molecule has 1 saturated heterocycles. The van der Waals surface area contributed by atoms with Crippen molar-refractivity contribution < 1.29 is 9.72 Å². The second kappa shape index (κ2) is 7.94. The molecule has 1 aliphatic rings. The monoisotopic (exact) mass is 345 g/mol. The molecule has 1 aromatic carbocycles. The SMILES string of the molecule is Cc1c(N2CCN(CC(=O)NC(C)C)CC2)cc(C#N)cc1[N+](=O)[O-]. The van der Waals surface area contributed by atoms with E-state index < -0.39 is 4.92 Å². The van der Waals surface area contributed by atoms with Crippen molar-refractivity contribution in [2.75, 3.05) is 37.6 Å². The normalized spacial score (nSPS) is 15.1. The molecule has 8 heteroatoms. The summed E-state index contributed by atoms with van der Waals surface area (Å²) in [4.78, 5) is 26.7. The summed E-state index contributed by atoms with van der Waals surface area (Å²) < 4.78 is 0. The molecular weight excluding hydrogens is 322 g/mol. The highest BCUT2D eigenvalue weighted by atomic mass is 16.6. The lowest BCUT2D eigenvalue weighted by Crippen LogP contribution is -2.50. The highest BCUT2D eigenvalue weighted by Crippen LogP contribution is 2.31. The zero-order valence-corrected chi connectivity index (χ0v) is 14.8. The standard InChI is InChI=1S/C17H23N5O3/c1-12(2)19-17(23)11-20-4-6-21(7-5-20)15-8-14(10-18)9-16(13(15)3)22(24)25/h8-9,12H,4-7,11H2,1-3H3,(H,19,23). The predicted octanol–water partition coefficient (Wildman–Crippen LogP) is 1.42. The van der Waals surface area contributed by atoms with E-state index in [9.17, 15) is 14.9 Å². The van der Waals surface area contributed by atoms with Crippen molar-refractivity contribution in [2.24, 2.45) is 0 Å². The van der Waals surface area contributed by atoms with Crippen LogP contribution >= 0.6 is 0 Å². The van der Waals surface area contributed by atoms with Gasteiger partial charge in [0, 0.05) is 44.0 Å². The second-order valence-electron chi connectivity index (χ2n) is 6.49. The molecule has 1 amide bonds. The van der Waals surface area contributed by atoms with Crippen molar-refractivity contribution in [1.29, 1.82) is 5.26 Å². The van der Waals surface area contributed by atoms with Gasteiger partial charge < -0.3 is 10.2 Å². The molecule has 0 spiro atoms. The molecule has 1 aliphatic heterocycles. The number of carbonyl (C=O) groups excluding carboxylic acids is 1. The van der Waals surface area contributed by atoms with Gasteiger partial charge in [-0.2, -0.15) is 5.26 Å². The number of amides is 1. The highest BCUT2D eigenvalue weighted by molar-refractivity contribution is 5.78. The first kappa shape index (κ1) is 18.7. The average Bonchev–Trinajstić information content (AvgIpc) is 2.55. The predicted molar refractivity (Wildman–Crippen MR) is 94.5 cm³/mol. The molecule has 0 aliphatic carbocycles. The van der Waals surface area contributed by atoms with Gasteiger partial charge in [-0.1, -0.05) is 0 Å². The van der Waals surface area contributed by atoms with Crippen molar-refractivity contribution in [2.45, 2.75) is 26.8 Å². The van der Waals surface area contributed by atoms with Gasteiger partial charge in [-0.3, -0.25) is 19.8 Å². The van der Waals surface area contributed by atoms with Crippen LogP contribution in [0.3, 0.4) is 0 Å². The highest BCUT2D eigenvalue weighted by Gasteiger charge is 2.24. The van der Waals surface area contributed by atoms with Gasteiger partial charge >= 0.3 is 0 Å². The minimum Gasteiger partial charge on any atom is -0.369 e. The number of anilines is 1. The zero-order valence-electron chi connectivity index (χ0n) is 14.8. The minimum absolute atomic E-state index is 0.00162. The van der Waals surface area contributed by atoms with Crippen LogP contribution < -0.4 is 10.2 Å². The molecule has 1 N–H and O–H groups in total. The first-order valence-corrected chi connectivity index (χ1v) is 8.27.